The molecule has 1 heterocycles. The molecule has 0 aromatic heterocycles. The van der Waals surface area contributed by atoms with Crippen molar-refractivity contribution in [3.8, 4) is 0 Å². The van der Waals surface area contributed by atoms with Crippen molar-refractivity contribution in [2.45, 2.75) is 83.3 Å². The van der Waals surface area contributed by atoms with Crippen LogP contribution in [0, 0.1) is 23.2 Å². The van der Waals surface area contributed by atoms with E-state index in [-0.39, 0.29) is 6.10 Å². The van der Waals surface area contributed by atoms with E-state index >= 15 is 0 Å². The highest BCUT2D eigenvalue weighted by Gasteiger charge is 2.50. The Morgan fingerprint density at radius 2 is 1.75 bits per heavy atom. The Labute approximate surface area is 148 Å². The van der Waals surface area contributed by atoms with E-state index in [4.69, 9.17) is 4.74 Å². The minimum absolute atomic E-state index is 0.318. The number of piperidine rings is 1. The Hall–Kier alpha value is -0.120. The van der Waals surface area contributed by atoms with Crippen LogP contribution in [0.1, 0.15) is 71.1 Å². The first-order chi connectivity index (χ1) is 11.6. The van der Waals surface area contributed by atoms with Gasteiger partial charge in [-0.3, -0.25) is 4.90 Å². The zero-order chi connectivity index (χ0) is 16.6. The molecular weight excluding hydrogens is 298 g/mol. The monoisotopic (exact) mass is 335 g/mol. The molecule has 24 heavy (non-hydrogen) atoms. The van der Waals surface area contributed by atoms with Gasteiger partial charge in [0.2, 0.25) is 0 Å². The first-order valence-electron chi connectivity index (χ1n) is 10.6. The number of aliphatic hydroxyl groups is 1. The van der Waals surface area contributed by atoms with Crippen molar-refractivity contribution in [1.82, 2.24) is 4.90 Å². The molecule has 0 aromatic carbocycles. The maximum atomic E-state index is 10.3. The highest BCUT2D eigenvalue weighted by Crippen LogP contribution is 2.61. The van der Waals surface area contributed by atoms with E-state index < -0.39 is 0 Å². The van der Waals surface area contributed by atoms with Crippen molar-refractivity contribution in [3.05, 3.63) is 0 Å². The van der Waals surface area contributed by atoms with E-state index in [1.807, 2.05) is 0 Å². The molecular formula is C21H37NO2. The molecule has 4 aliphatic carbocycles. The van der Waals surface area contributed by atoms with Crippen LogP contribution in [0.4, 0.5) is 0 Å². The number of hydrogen-bond acceptors (Lipinski definition) is 3. The molecule has 1 N–H and O–H groups in total. The molecule has 5 rings (SSSR count). The van der Waals surface area contributed by atoms with E-state index in [0.717, 1.165) is 37.5 Å². The van der Waals surface area contributed by atoms with Crippen LogP contribution in [0.3, 0.4) is 0 Å². The second kappa shape index (κ2) is 7.25. The Morgan fingerprint density at radius 3 is 2.38 bits per heavy atom. The average molecular weight is 336 g/mol. The van der Waals surface area contributed by atoms with E-state index in [9.17, 15) is 5.11 Å². The fraction of sp³-hybridized carbons (Fsp3) is 1.00. The van der Waals surface area contributed by atoms with Crippen LogP contribution < -0.4 is 0 Å². The molecule has 138 valence electrons. The molecule has 5 aliphatic rings. The van der Waals surface area contributed by atoms with Crippen LogP contribution in [0.15, 0.2) is 0 Å². The van der Waals surface area contributed by atoms with Gasteiger partial charge in [0.1, 0.15) is 0 Å². The molecule has 1 aliphatic heterocycles. The van der Waals surface area contributed by atoms with Crippen molar-refractivity contribution in [1.29, 1.82) is 0 Å². The van der Waals surface area contributed by atoms with Crippen molar-refractivity contribution >= 4 is 0 Å². The molecule has 0 amide bonds. The van der Waals surface area contributed by atoms with Crippen LogP contribution in [-0.2, 0) is 4.74 Å². The Kier molecular flexibility index (Phi) is 5.22. The molecule has 2 atom stereocenters. The van der Waals surface area contributed by atoms with Crippen LogP contribution in [-0.4, -0.2) is 48.5 Å². The third-order valence-corrected chi connectivity index (χ3v) is 7.64. The lowest BCUT2D eigenvalue weighted by Crippen LogP contribution is -2.46. The fourth-order valence-corrected chi connectivity index (χ4v) is 6.86. The standard InChI is InChI=1S/C21H37NO2/c1-16-4-2-3-6-22(16)14-20(23)15-24-7-5-21-11-17-8-18(12-21)10-19(9-17)13-21/h16-20,23H,2-15H2,1H3/t16-,17?,18?,19?,20-,21?/m1/s1. The summed E-state index contributed by atoms with van der Waals surface area (Å²) >= 11 is 0. The molecule has 0 radical (unpaired) electrons. The van der Waals surface area contributed by atoms with Crippen molar-refractivity contribution < 1.29 is 9.84 Å². The van der Waals surface area contributed by atoms with Gasteiger partial charge in [-0.2, -0.15) is 0 Å². The van der Waals surface area contributed by atoms with Gasteiger partial charge in [0, 0.05) is 19.2 Å². The van der Waals surface area contributed by atoms with Crippen LogP contribution >= 0.6 is 0 Å². The SMILES string of the molecule is C[C@@H]1CCCCN1C[C@@H](O)COCCC12CC3CC(CC(C3)C1)C2. The summed E-state index contributed by atoms with van der Waals surface area (Å²) in [4.78, 5) is 2.44. The van der Waals surface area contributed by atoms with Gasteiger partial charge in [0.25, 0.3) is 0 Å². The molecule has 4 bridgehead atoms. The van der Waals surface area contributed by atoms with Crippen LogP contribution in [0.5, 0.6) is 0 Å². The smallest absolute Gasteiger partial charge is 0.0900 e. The minimum atomic E-state index is -0.318. The molecule has 0 aromatic rings. The Balaban J connectivity index is 1.17. The van der Waals surface area contributed by atoms with E-state index in [1.54, 1.807) is 0 Å². The van der Waals surface area contributed by atoms with E-state index in [0.29, 0.717) is 18.1 Å². The largest absolute Gasteiger partial charge is 0.389 e. The lowest BCUT2D eigenvalue weighted by Gasteiger charge is -2.57. The topological polar surface area (TPSA) is 32.7 Å². The van der Waals surface area contributed by atoms with Crippen molar-refractivity contribution in [2.24, 2.45) is 23.2 Å². The summed E-state index contributed by atoms with van der Waals surface area (Å²) in [6.07, 6.45) is 13.8. The third kappa shape index (κ3) is 3.83. The molecule has 3 heteroatoms. The highest BCUT2D eigenvalue weighted by molar-refractivity contribution is 5.01. The first-order valence-corrected chi connectivity index (χ1v) is 10.6. The predicted octanol–water partition coefficient (Wildman–Crippen LogP) is 3.84. The summed E-state index contributed by atoms with van der Waals surface area (Å²) in [6, 6.07) is 0.625. The maximum absolute atomic E-state index is 10.3. The molecule has 5 fully saturated rings. The minimum Gasteiger partial charge on any atom is -0.389 e. The van der Waals surface area contributed by atoms with Gasteiger partial charge in [-0.25, -0.2) is 0 Å². The fourth-order valence-electron chi connectivity index (χ4n) is 6.86. The number of nitrogens with zero attached hydrogens (tertiary/aromatic N) is 1. The molecule has 1 saturated heterocycles. The van der Waals surface area contributed by atoms with Crippen LogP contribution in [0.25, 0.3) is 0 Å². The van der Waals surface area contributed by atoms with E-state index in [1.165, 1.54) is 64.2 Å². The number of hydrogen-bond donors (Lipinski definition) is 1. The number of β-amino-alcohol motifs (C(OH)–C–C–N with tert-alkyl or cyclic N) is 1. The summed E-state index contributed by atoms with van der Waals surface area (Å²) in [6.45, 7) is 5.61. The molecule has 0 spiro atoms. The predicted molar refractivity (Wildman–Crippen MR) is 96.9 cm³/mol. The van der Waals surface area contributed by atoms with Gasteiger partial charge >= 0.3 is 0 Å². The lowest BCUT2D eigenvalue weighted by molar-refractivity contribution is -0.0746. The van der Waals surface area contributed by atoms with E-state index in [2.05, 4.69) is 11.8 Å². The van der Waals surface area contributed by atoms with Crippen molar-refractivity contribution in [2.75, 3.05) is 26.3 Å². The normalized spacial score (nSPS) is 43.2. The number of ether oxygens (including phenoxy) is 1. The molecule has 3 nitrogen and oxygen atoms in total. The third-order valence-electron chi connectivity index (χ3n) is 7.64. The first kappa shape index (κ1) is 17.3. The maximum Gasteiger partial charge on any atom is 0.0900 e. The van der Waals surface area contributed by atoms with Gasteiger partial charge in [-0.1, -0.05) is 6.42 Å². The molecule has 4 saturated carbocycles. The van der Waals surface area contributed by atoms with Gasteiger partial charge in [0.05, 0.1) is 12.7 Å². The number of likely N-dealkylation sites (tertiary alicyclic amines) is 1. The molecule has 0 unspecified atom stereocenters. The second-order valence-electron chi connectivity index (χ2n) is 9.74. The Bertz CT molecular complexity index is 389. The van der Waals surface area contributed by atoms with Crippen LogP contribution in [0.2, 0.25) is 0 Å². The number of rotatable bonds is 7. The zero-order valence-electron chi connectivity index (χ0n) is 15.6. The second-order valence-corrected chi connectivity index (χ2v) is 9.74. The summed E-state index contributed by atoms with van der Waals surface area (Å²) in [7, 11) is 0. The van der Waals surface area contributed by atoms with Gasteiger partial charge in [0.15, 0.2) is 0 Å². The average Bonchev–Trinajstić information content (AvgIpc) is 2.53. The summed E-state index contributed by atoms with van der Waals surface area (Å²) in [5.41, 5.74) is 0.612. The lowest BCUT2D eigenvalue weighted by atomic mass is 9.49. The highest BCUT2D eigenvalue weighted by atomic mass is 16.5. The van der Waals surface area contributed by atoms with Crippen molar-refractivity contribution in [3.63, 3.8) is 0 Å². The Morgan fingerprint density at radius 1 is 1.08 bits per heavy atom. The van der Waals surface area contributed by atoms with Gasteiger partial charge < -0.3 is 9.84 Å². The summed E-state index contributed by atoms with van der Waals surface area (Å²) in [5, 5.41) is 10.3. The van der Waals surface area contributed by atoms with Gasteiger partial charge in [-0.15, -0.1) is 0 Å². The zero-order valence-corrected chi connectivity index (χ0v) is 15.6. The quantitative estimate of drug-likeness (QED) is 0.718. The van der Waals surface area contributed by atoms with Gasteiger partial charge in [-0.05, 0) is 94.4 Å². The summed E-state index contributed by atoms with van der Waals surface area (Å²) in [5.74, 6) is 3.09. The number of aliphatic hydroxyl groups excluding tert-OH is 1. The summed E-state index contributed by atoms with van der Waals surface area (Å²) < 4.78 is 5.93.